The summed E-state index contributed by atoms with van der Waals surface area (Å²) in [7, 11) is 0. The van der Waals surface area contributed by atoms with Gasteiger partial charge in [-0.15, -0.1) is 0 Å². The Balaban J connectivity index is 1.37. The molecule has 0 spiro atoms. The van der Waals surface area contributed by atoms with E-state index in [2.05, 4.69) is 21.8 Å². The Morgan fingerprint density at radius 2 is 2.06 bits per heavy atom. The Morgan fingerprint density at radius 3 is 2.81 bits per heavy atom. The number of hydrogen-bond acceptors (Lipinski definition) is 7. The van der Waals surface area contributed by atoms with Gasteiger partial charge in [0.15, 0.2) is 5.78 Å². The van der Waals surface area contributed by atoms with Crippen molar-refractivity contribution in [3.8, 4) is 0 Å². The molecule has 3 aromatic rings. The monoisotopic (exact) mass is 420 g/mol. The van der Waals surface area contributed by atoms with Gasteiger partial charge in [-0.1, -0.05) is 13.8 Å². The predicted octanol–water partition coefficient (Wildman–Crippen LogP) is 2.92. The number of fused-ring (bicyclic) bond motifs is 1. The van der Waals surface area contributed by atoms with Crippen molar-refractivity contribution in [2.75, 3.05) is 18.0 Å². The van der Waals surface area contributed by atoms with E-state index in [9.17, 15) is 9.90 Å². The van der Waals surface area contributed by atoms with Crippen molar-refractivity contribution in [1.29, 1.82) is 0 Å². The zero-order chi connectivity index (χ0) is 21.7. The lowest BCUT2D eigenvalue weighted by molar-refractivity contribution is 0.0784. The first-order valence-corrected chi connectivity index (χ1v) is 11.0. The van der Waals surface area contributed by atoms with Gasteiger partial charge >= 0.3 is 0 Å². The molecule has 2 unspecified atom stereocenters. The van der Waals surface area contributed by atoms with Gasteiger partial charge in [-0.05, 0) is 36.6 Å². The van der Waals surface area contributed by atoms with Crippen LogP contribution in [-0.2, 0) is 6.42 Å². The summed E-state index contributed by atoms with van der Waals surface area (Å²) in [6.45, 7) is 5.42. The molecular formula is C24H28N4O3. The normalized spacial score (nSPS) is 28.1. The Bertz CT molecular complexity index is 1110. The number of rotatable bonds is 5. The Morgan fingerprint density at radius 1 is 1.26 bits per heavy atom. The molecular weight excluding hydrogens is 392 g/mol. The van der Waals surface area contributed by atoms with Gasteiger partial charge in [0, 0.05) is 66.4 Å². The van der Waals surface area contributed by atoms with E-state index >= 15 is 0 Å². The number of aliphatic hydroxyl groups excluding tert-OH is 1. The third-order valence-electron chi connectivity index (χ3n) is 6.69. The van der Waals surface area contributed by atoms with Crippen molar-refractivity contribution in [3.05, 3.63) is 53.7 Å². The number of piperidine rings is 1. The van der Waals surface area contributed by atoms with Gasteiger partial charge in [-0.25, -0.2) is 4.98 Å². The largest absolute Gasteiger partial charge is 0.442 e. The molecule has 0 radical (unpaired) electrons. The van der Waals surface area contributed by atoms with Crippen LogP contribution in [0.2, 0.25) is 0 Å². The highest BCUT2D eigenvalue weighted by molar-refractivity contribution is 5.98. The van der Waals surface area contributed by atoms with Crippen LogP contribution in [0.25, 0.3) is 11.1 Å². The van der Waals surface area contributed by atoms with E-state index in [0.717, 1.165) is 28.8 Å². The van der Waals surface area contributed by atoms with Crippen molar-refractivity contribution < 1.29 is 14.3 Å². The molecule has 4 heterocycles. The molecule has 7 heteroatoms. The van der Waals surface area contributed by atoms with Crippen LogP contribution in [-0.4, -0.2) is 46.1 Å². The minimum atomic E-state index is -0.518. The number of furan rings is 1. The number of aliphatic hydroxyl groups is 1. The van der Waals surface area contributed by atoms with Gasteiger partial charge in [0.1, 0.15) is 11.5 Å². The molecule has 1 saturated carbocycles. The lowest BCUT2D eigenvalue weighted by atomic mass is 9.92. The fraction of sp³-hybridized carbons (Fsp3) is 0.458. The highest BCUT2D eigenvalue weighted by Crippen LogP contribution is 2.48. The second-order valence-electron chi connectivity index (χ2n) is 9.20. The second-order valence-corrected chi connectivity index (χ2v) is 9.20. The van der Waals surface area contributed by atoms with Crippen LogP contribution >= 0.6 is 0 Å². The molecule has 162 valence electrons. The Kier molecular flexibility index (Phi) is 5.02. The summed E-state index contributed by atoms with van der Waals surface area (Å²) in [5, 5.41) is 11.1. The standard InChI is InChI=1S/C24H28N4O3/c1-13-7-17(13)22-9-15-3-4-19(27-24(15)31-22)21(29)8-16-10-26-6-5-20(16)28-11-14(2)23(30)18(25)12-28/h3-6,9-10,13-14,17-18,23,30H,7-8,11-12,25H2,1-2H3/t13?,14-,17?,18+,23+/m0/s1. The fourth-order valence-electron chi connectivity index (χ4n) is 4.63. The number of Topliss-reactive ketones (excluding diaryl/α,β-unsaturated/α-hetero) is 1. The van der Waals surface area contributed by atoms with Gasteiger partial charge in [0.05, 0.1) is 6.10 Å². The minimum Gasteiger partial charge on any atom is -0.442 e. The van der Waals surface area contributed by atoms with Gasteiger partial charge in [0.25, 0.3) is 0 Å². The fourth-order valence-corrected chi connectivity index (χ4v) is 4.63. The van der Waals surface area contributed by atoms with Crippen LogP contribution in [0, 0.1) is 11.8 Å². The quantitative estimate of drug-likeness (QED) is 0.611. The maximum absolute atomic E-state index is 13.1. The number of pyridine rings is 2. The van der Waals surface area contributed by atoms with E-state index in [4.69, 9.17) is 10.2 Å². The van der Waals surface area contributed by atoms with Crippen molar-refractivity contribution in [2.45, 2.75) is 44.8 Å². The SMILES string of the molecule is CC1CC1c1cc2ccc(C(=O)Cc3cnccc3N3C[C@@H](N)[C@H](O)[C@@H](C)C3)nc2o1. The topological polar surface area (TPSA) is 105 Å². The summed E-state index contributed by atoms with van der Waals surface area (Å²) in [4.78, 5) is 23.9. The zero-order valence-corrected chi connectivity index (χ0v) is 17.9. The van der Waals surface area contributed by atoms with E-state index in [-0.39, 0.29) is 24.2 Å². The van der Waals surface area contributed by atoms with Crippen LogP contribution in [0.3, 0.4) is 0 Å². The zero-order valence-electron chi connectivity index (χ0n) is 17.9. The van der Waals surface area contributed by atoms with Crippen molar-refractivity contribution in [2.24, 2.45) is 17.6 Å². The number of carbonyl (C=O) groups is 1. The van der Waals surface area contributed by atoms with E-state index < -0.39 is 6.10 Å². The van der Waals surface area contributed by atoms with Gasteiger partial charge in [-0.3, -0.25) is 9.78 Å². The second kappa shape index (κ2) is 7.73. The van der Waals surface area contributed by atoms with Crippen molar-refractivity contribution in [3.63, 3.8) is 0 Å². The first-order valence-electron chi connectivity index (χ1n) is 11.0. The van der Waals surface area contributed by atoms with Crippen LogP contribution in [0.4, 0.5) is 5.69 Å². The van der Waals surface area contributed by atoms with Crippen molar-refractivity contribution in [1.82, 2.24) is 9.97 Å². The van der Waals surface area contributed by atoms with E-state index in [1.165, 1.54) is 0 Å². The summed E-state index contributed by atoms with van der Waals surface area (Å²) in [5.74, 6) is 2.06. The molecule has 0 aromatic carbocycles. The molecule has 0 bridgehead atoms. The van der Waals surface area contributed by atoms with Crippen LogP contribution in [0.15, 0.2) is 41.1 Å². The average molecular weight is 421 g/mol. The number of ketones is 1. The predicted molar refractivity (Wildman–Crippen MR) is 118 cm³/mol. The highest BCUT2D eigenvalue weighted by Gasteiger charge is 2.37. The maximum atomic E-state index is 13.1. The van der Waals surface area contributed by atoms with E-state index in [1.807, 2.05) is 25.1 Å². The minimum absolute atomic E-state index is 0.0480. The van der Waals surface area contributed by atoms with E-state index in [1.54, 1.807) is 18.5 Å². The van der Waals surface area contributed by atoms with Gasteiger partial charge in [-0.2, -0.15) is 0 Å². The molecule has 1 saturated heterocycles. The molecule has 31 heavy (non-hydrogen) atoms. The molecule has 3 aromatic heterocycles. The highest BCUT2D eigenvalue weighted by atomic mass is 16.3. The average Bonchev–Trinajstić information content (AvgIpc) is 3.33. The molecule has 2 aliphatic rings. The summed E-state index contributed by atoms with van der Waals surface area (Å²) >= 11 is 0. The lowest BCUT2D eigenvalue weighted by Crippen LogP contribution is -2.55. The molecule has 0 amide bonds. The Hall–Kier alpha value is -2.77. The molecule has 5 rings (SSSR count). The molecule has 1 aliphatic heterocycles. The smallest absolute Gasteiger partial charge is 0.226 e. The molecule has 3 N–H and O–H groups in total. The number of hydrogen-bond donors (Lipinski definition) is 2. The summed E-state index contributed by atoms with van der Waals surface area (Å²) < 4.78 is 5.93. The summed E-state index contributed by atoms with van der Waals surface area (Å²) in [5.41, 5.74) is 8.81. The third kappa shape index (κ3) is 3.83. The van der Waals surface area contributed by atoms with Gasteiger partial charge < -0.3 is 20.2 Å². The van der Waals surface area contributed by atoms with Crippen LogP contribution in [0.1, 0.15) is 48.0 Å². The van der Waals surface area contributed by atoms with E-state index in [0.29, 0.717) is 36.3 Å². The first kappa shape index (κ1) is 20.2. The lowest BCUT2D eigenvalue weighted by Gasteiger charge is -2.40. The molecule has 2 fully saturated rings. The number of nitrogens with two attached hydrogens (primary N) is 1. The molecule has 7 nitrogen and oxygen atoms in total. The van der Waals surface area contributed by atoms with Gasteiger partial charge in [0.2, 0.25) is 5.71 Å². The summed E-state index contributed by atoms with van der Waals surface area (Å²) in [6, 6.07) is 7.30. The maximum Gasteiger partial charge on any atom is 0.226 e. The first-order chi connectivity index (χ1) is 14.9. The number of aromatic nitrogens is 2. The number of anilines is 1. The van der Waals surface area contributed by atoms with Crippen LogP contribution < -0.4 is 10.6 Å². The van der Waals surface area contributed by atoms with Crippen molar-refractivity contribution >= 4 is 22.6 Å². The molecule has 5 atom stereocenters. The molecule has 1 aliphatic carbocycles. The Labute approximate surface area is 181 Å². The number of carbonyl (C=O) groups excluding carboxylic acids is 1. The third-order valence-corrected chi connectivity index (χ3v) is 6.69. The number of nitrogens with zero attached hydrogens (tertiary/aromatic N) is 3. The summed E-state index contributed by atoms with van der Waals surface area (Å²) in [6.07, 6.45) is 4.27. The van der Waals surface area contributed by atoms with Crippen LogP contribution in [0.5, 0.6) is 0 Å².